The first kappa shape index (κ1) is 14.9. The average molecular weight is 308 g/mol. The van der Waals surface area contributed by atoms with E-state index in [4.69, 9.17) is 16.7 Å². The number of fused-ring (bicyclic) bond motifs is 1. The van der Waals surface area contributed by atoms with Gasteiger partial charge in [-0.05, 0) is 55.8 Å². The summed E-state index contributed by atoms with van der Waals surface area (Å²) >= 11 is 6.28. The summed E-state index contributed by atoms with van der Waals surface area (Å²) in [4.78, 5) is 13.5. The van der Waals surface area contributed by atoms with Gasteiger partial charge in [-0.15, -0.1) is 0 Å². The van der Waals surface area contributed by atoms with Crippen LogP contribution >= 0.6 is 11.6 Å². The first-order valence-electron chi connectivity index (χ1n) is 7.91. The summed E-state index contributed by atoms with van der Waals surface area (Å²) in [7, 11) is 0. The SMILES string of the molecule is O=C(O)c1ccc(CN2CCC[C@H]3CCCC[C@H]32)c(Cl)c1. The minimum atomic E-state index is -0.922. The van der Waals surface area contributed by atoms with Crippen molar-refractivity contribution in [3.8, 4) is 0 Å². The van der Waals surface area contributed by atoms with Gasteiger partial charge in [-0.2, -0.15) is 0 Å². The lowest BCUT2D eigenvalue weighted by atomic mass is 9.78. The molecule has 1 N–H and O–H groups in total. The largest absolute Gasteiger partial charge is 0.478 e. The molecule has 0 radical (unpaired) electrons. The molecule has 1 saturated carbocycles. The van der Waals surface area contributed by atoms with Gasteiger partial charge in [-0.25, -0.2) is 4.79 Å². The number of hydrogen-bond donors (Lipinski definition) is 1. The topological polar surface area (TPSA) is 40.5 Å². The Bertz CT molecular complexity index is 530. The van der Waals surface area contributed by atoms with Crippen LogP contribution in [0.25, 0.3) is 0 Å². The van der Waals surface area contributed by atoms with Gasteiger partial charge in [0.05, 0.1) is 5.56 Å². The normalized spacial score (nSPS) is 26.3. The highest BCUT2D eigenvalue weighted by Gasteiger charge is 2.33. The fourth-order valence-corrected chi connectivity index (χ4v) is 4.19. The maximum Gasteiger partial charge on any atom is 0.335 e. The quantitative estimate of drug-likeness (QED) is 0.910. The van der Waals surface area contributed by atoms with Gasteiger partial charge in [0.2, 0.25) is 0 Å². The highest BCUT2D eigenvalue weighted by molar-refractivity contribution is 6.31. The average Bonchev–Trinajstić information content (AvgIpc) is 2.49. The maximum absolute atomic E-state index is 11.0. The number of rotatable bonds is 3. The molecule has 0 spiro atoms. The fourth-order valence-electron chi connectivity index (χ4n) is 3.95. The van der Waals surface area contributed by atoms with Crippen molar-refractivity contribution < 1.29 is 9.90 Å². The number of benzene rings is 1. The molecule has 1 heterocycles. The lowest BCUT2D eigenvalue weighted by Crippen LogP contribution is -2.46. The molecule has 0 unspecified atom stereocenters. The summed E-state index contributed by atoms with van der Waals surface area (Å²) in [5.74, 6) is -0.0710. The second-order valence-corrected chi connectivity index (χ2v) is 6.74. The number of carbonyl (C=O) groups is 1. The Morgan fingerprint density at radius 2 is 2.00 bits per heavy atom. The third-order valence-electron chi connectivity index (χ3n) is 5.03. The van der Waals surface area contributed by atoms with Crippen molar-refractivity contribution in [2.45, 2.75) is 51.1 Å². The van der Waals surface area contributed by atoms with Crippen LogP contribution in [0.5, 0.6) is 0 Å². The van der Waals surface area contributed by atoms with Crippen molar-refractivity contribution in [2.75, 3.05) is 6.54 Å². The van der Waals surface area contributed by atoms with Crippen molar-refractivity contribution in [1.82, 2.24) is 4.90 Å². The molecule has 1 aliphatic carbocycles. The van der Waals surface area contributed by atoms with E-state index in [0.29, 0.717) is 11.1 Å². The number of piperidine rings is 1. The summed E-state index contributed by atoms with van der Waals surface area (Å²) in [6.07, 6.45) is 8.02. The summed E-state index contributed by atoms with van der Waals surface area (Å²) < 4.78 is 0. The van der Waals surface area contributed by atoms with Crippen LogP contribution in [-0.4, -0.2) is 28.6 Å². The van der Waals surface area contributed by atoms with Crippen molar-refractivity contribution in [2.24, 2.45) is 5.92 Å². The van der Waals surface area contributed by atoms with Crippen LogP contribution < -0.4 is 0 Å². The van der Waals surface area contributed by atoms with E-state index in [1.807, 2.05) is 6.07 Å². The molecular formula is C17H22ClNO2. The molecule has 1 aliphatic heterocycles. The molecule has 3 rings (SSSR count). The van der Waals surface area contributed by atoms with E-state index in [1.54, 1.807) is 12.1 Å². The van der Waals surface area contributed by atoms with Crippen LogP contribution in [0.2, 0.25) is 5.02 Å². The summed E-state index contributed by atoms with van der Waals surface area (Å²) in [6.45, 7) is 1.98. The predicted molar refractivity (Wildman–Crippen MR) is 83.8 cm³/mol. The molecule has 0 amide bonds. The highest BCUT2D eigenvalue weighted by Crippen LogP contribution is 2.36. The van der Waals surface area contributed by atoms with Gasteiger partial charge < -0.3 is 5.11 Å². The molecule has 3 nitrogen and oxygen atoms in total. The molecule has 2 atom stereocenters. The van der Waals surface area contributed by atoms with Crippen LogP contribution in [0, 0.1) is 5.92 Å². The van der Waals surface area contributed by atoms with E-state index >= 15 is 0 Å². The summed E-state index contributed by atoms with van der Waals surface area (Å²) in [6, 6.07) is 5.80. The van der Waals surface area contributed by atoms with Gasteiger partial charge in [0.1, 0.15) is 0 Å². The minimum absolute atomic E-state index is 0.262. The monoisotopic (exact) mass is 307 g/mol. The zero-order chi connectivity index (χ0) is 14.8. The van der Waals surface area contributed by atoms with Crippen LogP contribution in [0.4, 0.5) is 0 Å². The van der Waals surface area contributed by atoms with Gasteiger partial charge in [0.25, 0.3) is 0 Å². The maximum atomic E-state index is 11.0. The molecule has 1 saturated heterocycles. The number of aromatic carboxylic acids is 1. The first-order valence-corrected chi connectivity index (χ1v) is 8.28. The van der Waals surface area contributed by atoms with Crippen LogP contribution in [-0.2, 0) is 6.54 Å². The standard InChI is InChI=1S/C17H22ClNO2/c18-15-10-13(17(20)21)7-8-14(15)11-19-9-3-5-12-4-1-2-6-16(12)19/h7-8,10,12,16H,1-6,9,11H2,(H,20,21)/t12-,16-/m1/s1. The lowest BCUT2D eigenvalue weighted by Gasteiger charge is -2.44. The Balaban J connectivity index is 1.74. The van der Waals surface area contributed by atoms with Gasteiger partial charge in [-0.3, -0.25) is 4.90 Å². The minimum Gasteiger partial charge on any atom is -0.478 e. The molecule has 2 fully saturated rings. The summed E-state index contributed by atoms with van der Waals surface area (Å²) in [5.41, 5.74) is 1.31. The Hall–Kier alpha value is -1.06. The summed E-state index contributed by atoms with van der Waals surface area (Å²) in [5, 5.41) is 9.58. The van der Waals surface area contributed by atoms with E-state index < -0.39 is 5.97 Å². The van der Waals surface area contributed by atoms with Crippen molar-refractivity contribution in [1.29, 1.82) is 0 Å². The fraction of sp³-hybridized carbons (Fsp3) is 0.588. The number of hydrogen-bond acceptors (Lipinski definition) is 2. The molecule has 114 valence electrons. The third-order valence-corrected chi connectivity index (χ3v) is 5.38. The zero-order valence-electron chi connectivity index (χ0n) is 12.2. The van der Waals surface area contributed by atoms with E-state index in [-0.39, 0.29) is 5.56 Å². The van der Waals surface area contributed by atoms with Gasteiger partial charge >= 0.3 is 5.97 Å². The van der Waals surface area contributed by atoms with E-state index in [1.165, 1.54) is 38.5 Å². The van der Waals surface area contributed by atoms with Gasteiger partial charge in [-0.1, -0.05) is 30.5 Å². The molecule has 4 heteroatoms. The lowest BCUT2D eigenvalue weighted by molar-refractivity contribution is 0.0547. The Morgan fingerprint density at radius 1 is 1.24 bits per heavy atom. The van der Waals surface area contributed by atoms with E-state index in [9.17, 15) is 4.79 Å². The number of likely N-dealkylation sites (tertiary alicyclic amines) is 1. The molecule has 0 aromatic heterocycles. The predicted octanol–water partition coefficient (Wildman–Crippen LogP) is 4.19. The molecule has 2 aliphatic rings. The zero-order valence-corrected chi connectivity index (χ0v) is 13.0. The van der Waals surface area contributed by atoms with Gasteiger partial charge in [0, 0.05) is 17.6 Å². The van der Waals surface area contributed by atoms with Crippen LogP contribution in [0.1, 0.15) is 54.4 Å². The Kier molecular flexibility index (Phi) is 4.51. The molecular weight excluding hydrogens is 286 g/mol. The number of carboxylic acid groups (broad SMARTS) is 1. The molecule has 1 aromatic rings. The molecule has 21 heavy (non-hydrogen) atoms. The number of carboxylic acids is 1. The highest BCUT2D eigenvalue weighted by atomic mass is 35.5. The first-order chi connectivity index (χ1) is 10.1. The number of nitrogens with zero attached hydrogens (tertiary/aromatic N) is 1. The van der Waals surface area contributed by atoms with Crippen LogP contribution in [0.15, 0.2) is 18.2 Å². The Labute approximate surface area is 130 Å². The second-order valence-electron chi connectivity index (χ2n) is 6.34. The van der Waals surface area contributed by atoms with Crippen molar-refractivity contribution in [3.05, 3.63) is 34.3 Å². The molecule has 1 aromatic carbocycles. The molecule has 0 bridgehead atoms. The smallest absolute Gasteiger partial charge is 0.335 e. The second kappa shape index (κ2) is 6.37. The third kappa shape index (κ3) is 3.24. The van der Waals surface area contributed by atoms with Crippen molar-refractivity contribution >= 4 is 17.6 Å². The van der Waals surface area contributed by atoms with Crippen molar-refractivity contribution in [3.63, 3.8) is 0 Å². The number of halogens is 1. The van der Waals surface area contributed by atoms with E-state index in [2.05, 4.69) is 4.90 Å². The Morgan fingerprint density at radius 3 is 2.76 bits per heavy atom. The van der Waals surface area contributed by atoms with E-state index in [0.717, 1.165) is 24.6 Å². The van der Waals surface area contributed by atoms with Crippen LogP contribution in [0.3, 0.4) is 0 Å². The van der Waals surface area contributed by atoms with Gasteiger partial charge in [0.15, 0.2) is 0 Å².